The highest BCUT2D eigenvalue weighted by Gasteiger charge is 2.16. The molecule has 0 saturated heterocycles. The number of aromatic nitrogens is 4. The number of nitrogens with zero attached hydrogens (tertiary/aromatic N) is 4. The van der Waals surface area contributed by atoms with Crippen LogP contribution in [-0.2, 0) is 6.54 Å². The van der Waals surface area contributed by atoms with E-state index in [9.17, 15) is 5.11 Å². The molecule has 3 heterocycles. The van der Waals surface area contributed by atoms with Crippen LogP contribution in [0.4, 0.5) is 5.13 Å². The summed E-state index contributed by atoms with van der Waals surface area (Å²) in [5.41, 5.74) is 7.94. The first-order valence-corrected chi connectivity index (χ1v) is 9.57. The van der Waals surface area contributed by atoms with Crippen molar-refractivity contribution in [1.29, 1.82) is 0 Å². The second kappa shape index (κ2) is 7.97. The van der Waals surface area contributed by atoms with Gasteiger partial charge in [-0.25, -0.2) is 0 Å². The van der Waals surface area contributed by atoms with Crippen LogP contribution in [0.3, 0.4) is 0 Å². The highest BCUT2D eigenvalue weighted by Crippen LogP contribution is 2.30. The number of benzene rings is 1. The van der Waals surface area contributed by atoms with Gasteiger partial charge in [-0.2, -0.15) is 4.98 Å². The minimum absolute atomic E-state index is 0.491. The number of ether oxygens (including phenoxy) is 1. The lowest BCUT2D eigenvalue weighted by Crippen LogP contribution is -2.09. The molecule has 9 nitrogen and oxygen atoms in total. The van der Waals surface area contributed by atoms with Gasteiger partial charge in [0.2, 0.25) is 5.13 Å². The van der Waals surface area contributed by atoms with Crippen LogP contribution in [0.25, 0.3) is 21.8 Å². The number of rotatable bonds is 8. The van der Waals surface area contributed by atoms with Crippen LogP contribution in [-0.4, -0.2) is 38.5 Å². The molecule has 0 saturated carbocycles. The number of anilines is 1. The van der Waals surface area contributed by atoms with Crippen molar-refractivity contribution in [2.45, 2.75) is 19.2 Å². The number of hydrogen-bond donors (Lipinski definition) is 3. The van der Waals surface area contributed by atoms with E-state index < -0.39 is 6.23 Å². The van der Waals surface area contributed by atoms with E-state index in [1.165, 1.54) is 11.3 Å². The van der Waals surface area contributed by atoms with Gasteiger partial charge in [-0.05, 0) is 37.2 Å². The fraction of sp³-hybridized carbons (Fsp3) is 0.278. The average molecular weight is 400 g/mol. The molecule has 0 aliphatic carbocycles. The smallest absolute Gasteiger partial charge is 0.297 e. The average Bonchev–Trinajstić information content (AvgIpc) is 3.44. The van der Waals surface area contributed by atoms with Gasteiger partial charge in [-0.3, -0.25) is 4.57 Å². The lowest BCUT2D eigenvalue weighted by Gasteiger charge is -2.12. The van der Waals surface area contributed by atoms with Crippen LogP contribution in [0, 0.1) is 0 Å². The first kappa shape index (κ1) is 18.4. The van der Waals surface area contributed by atoms with E-state index in [1.54, 1.807) is 19.4 Å². The van der Waals surface area contributed by atoms with Gasteiger partial charge < -0.3 is 25.3 Å². The van der Waals surface area contributed by atoms with Gasteiger partial charge in [0, 0.05) is 12.1 Å². The van der Waals surface area contributed by atoms with Gasteiger partial charge in [0.15, 0.2) is 17.0 Å². The van der Waals surface area contributed by atoms with E-state index in [1.807, 2.05) is 28.8 Å². The fourth-order valence-electron chi connectivity index (χ4n) is 2.90. The van der Waals surface area contributed by atoms with Gasteiger partial charge in [0.25, 0.3) is 6.01 Å². The minimum Gasteiger partial charge on any atom is -0.468 e. The third-order valence-electron chi connectivity index (χ3n) is 4.24. The molecule has 0 radical (unpaired) electrons. The molecular weight excluding hydrogens is 380 g/mol. The molecular formula is C18H20N6O3S. The van der Waals surface area contributed by atoms with E-state index in [2.05, 4.69) is 20.5 Å². The molecule has 3 aromatic heterocycles. The predicted molar refractivity (Wildman–Crippen MR) is 106 cm³/mol. The number of furan rings is 1. The fourth-order valence-corrected chi connectivity index (χ4v) is 3.63. The zero-order chi connectivity index (χ0) is 19.5. The van der Waals surface area contributed by atoms with Crippen LogP contribution < -0.4 is 15.8 Å². The van der Waals surface area contributed by atoms with Crippen LogP contribution in [0.15, 0.2) is 41.0 Å². The molecule has 0 spiro atoms. The number of methoxy groups -OCH3 is 1. The zero-order valence-electron chi connectivity index (χ0n) is 15.2. The quantitative estimate of drug-likeness (QED) is 0.386. The summed E-state index contributed by atoms with van der Waals surface area (Å²) in [6.07, 6.45) is 1.44. The molecule has 1 aromatic carbocycles. The Kier molecular flexibility index (Phi) is 5.24. The second-order valence-electron chi connectivity index (χ2n) is 6.08. The molecule has 4 N–H and O–H groups in total. The summed E-state index contributed by atoms with van der Waals surface area (Å²) in [6, 6.07) is 9.70. The number of aliphatic hydroxyl groups excluding tert-OH is 1. The number of aryl methyl sites for hydroxylation is 1. The molecule has 10 heteroatoms. The standard InChI is InChI=1S/C18H20N6O3S/c1-26-18-20-12-10-11(5-6-13(12)24(18)8-3-7-19)15(25)21-17-23-22-16(28-17)14-4-2-9-27-14/h2,4-6,9-10,15,25H,3,7-8,19H2,1H3,(H,21,23). The summed E-state index contributed by atoms with van der Waals surface area (Å²) in [5.74, 6) is 0.636. The molecule has 0 amide bonds. The molecule has 4 rings (SSSR count). The molecule has 0 aliphatic heterocycles. The largest absolute Gasteiger partial charge is 0.468 e. The second-order valence-corrected chi connectivity index (χ2v) is 7.05. The summed E-state index contributed by atoms with van der Waals surface area (Å²) >= 11 is 1.30. The van der Waals surface area contributed by atoms with E-state index in [4.69, 9.17) is 14.9 Å². The Balaban J connectivity index is 1.55. The molecule has 1 unspecified atom stereocenters. The third kappa shape index (κ3) is 3.57. The Morgan fingerprint density at radius 3 is 3.00 bits per heavy atom. The van der Waals surface area contributed by atoms with Crippen molar-refractivity contribution in [3.63, 3.8) is 0 Å². The highest BCUT2D eigenvalue weighted by atomic mass is 32.1. The molecule has 146 valence electrons. The lowest BCUT2D eigenvalue weighted by molar-refractivity contribution is 0.208. The topological polar surface area (TPSA) is 124 Å². The maximum atomic E-state index is 10.6. The molecule has 28 heavy (non-hydrogen) atoms. The van der Waals surface area contributed by atoms with Crippen molar-refractivity contribution in [2.24, 2.45) is 5.73 Å². The summed E-state index contributed by atoms with van der Waals surface area (Å²) in [4.78, 5) is 4.50. The maximum absolute atomic E-state index is 10.6. The molecule has 0 bridgehead atoms. The van der Waals surface area contributed by atoms with Gasteiger partial charge in [-0.1, -0.05) is 17.4 Å². The van der Waals surface area contributed by atoms with E-state index in [0.29, 0.717) is 34.0 Å². The number of fused-ring (bicyclic) bond motifs is 1. The number of aliphatic hydroxyl groups is 1. The Bertz CT molecular complexity index is 1060. The van der Waals surface area contributed by atoms with Crippen LogP contribution in [0.5, 0.6) is 6.01 Å². The Hall–Kier alpha value is -2.95. The van der Waals surface area contributed by atoms with Crippen molar-refractivity contribution >= 4 is 27.5 Å². The van der Waals surface area contributed by atoms with Crippen LogP contribution in [0.1, 0.15) is 18.2 Å². The third-order valence-corrected chi connectivity index (χ3v) is 5.11. The molecule has 0 fully saturated rings. The van der Waals surface area contributed by atoms with Crippen molar-refractivity contribution < 1.29 is 14.3 Å². The SMILES string of the molecule is COc1nc2cc(C(O)Nc3nnc(-c4ccco4)s3)ccc2n1CCCN. The Morgan fingerprint density at radius 2 is 2.25 bits per heavy atom. The van der Waals surface area contributed by atoms with Crippen molar-refractivity contribution in [3.05, 3.63) is 42.2 Å². The zero-order valence-corrected chi connectivity index (χ0v) is 16.0. The van der Waals surface area contributed by atoms with E-state index in [-0.39, 0.29) is 0 Å². The number of hydrogen-bond acceptors (Lipinski definition) is 9. The molecule has 1 atom stereocenters. The van der Waals surface area contributed by atoms with Crippen LogP contribution in [0.2, 0.25) is 0 Å². The maximum Gasteiger partial charge on any atom is 0.297 e. The predicted octanol–water partition coefficient (Wildman–Crippen LogP) is 2.61. The molecule has 4 aromatic rings. The summed E-state index contributed by atoms with van der Waals surface area (Å²) in [6.45, 7) is 1.31. The summed E-state index contributed by atoms with van der Waals surface area (Å²) in [5, 5.41) is 22.8. The monoisotopic (exact) mass is 400 g/mol. The summed E-state index contributed by atoms with van der Waals surface area (Å²) in [7, 11) is 1.59. The number of nitrogens with one attached hydrogen (secondary N) is 1. The van der Waals surface area contributed by atoms with Crippen molar-refractivity contribution in [3.8, 4) is 16.8 Å². The molecule has 0 aliphatic rings. The van der Waals surface area contributed by atoms with E-state index in [0.717, 1.165) is 24.0 Å². The Labute approximate surface area is 164 Å². The number of nitrogens with two attached hydrogens (primary N) is 1. The minimum atomic E-state index is -0.956. The first-order chi connectivity index (χ1) is 13.7. The van der Waals surface area contributed by atoms with Crippen molar-refractivity contribution in [1.82, 2.24) is 19.7 Å². The van der Waals surface area contributed by atoms with Crippen LogP contribution >= 0.6 is 11.3 Å². The lowest BCUT2D eigenvalue weighted by atomic mass is 10.1. The van der Waals surface area contributed by atoms with Gasteiger partial charge in [0.05, 0.1) is 24.4 Å². The Morgan fingerprint density at radius 1 is 1.36 bits per heavy atom. The van der Waals surface area contributed by atoms with Gasteiger partial charge >= 0.3 is 0 Å². The summed E-state index contributed by atoms with van der Waals surface area (Å²) < 4.78 is 12.7. The first-order valence-electron chi connectivity index (χ1n) is 8.76. The van der Waals surface area contributed by atoms with Gasteiger partial charge in [0.1, 0.15) is 0 Å². The highest BCUT2D eigenvalue weighted by molar-refractivity contribution is 7.18. The van der Waals surface area contributed by atoms with Gasteiger partial charge in [-0.15, -0.1) is 10.2 Å². The van der Waals surface area contributed by atoms with Crippen molar-refractivity contribution in [2.75, 3.05) is 19.0 Å². The van der Waals surface area contributed by atoms with E-state index >= 15 is 0 Å². The normalized spacial score (nSPS) is 12.4. The number of imidazole rings is 1.